The molecule has 0 aromatic carbocycles. The van der Waals surface area contributed by atoms with Gasteiger partial charge in [0.05, 0.1) is 30.8 Å². The molecule has 2 heterocycles. The van der Waals surface area contributed by atoms with Gasteiger partial charge in [-0.25, -0.2) is 4.79 Å². The van der Waals surface area contributed by atoms with E-state index in [9.17, 15) is 27.9 Å². The van der Waals surface area contributed by atoms with E-state index >= 15 is 0 Å². The Kier molecular flexibility index (Phi) is 5.48. The summed E-state index contributed by atoms with van der Waals surface area (Å²) >= 11 is 0. The molecule has 1 fully saturated rings. The maximum absolute atomic E-state index is 12.6. The van der Waals surface area contributed by atoms with Crippen molar-refractivity contribution < 1.29 is 32.9 Å². The van der Waals surface area contributed by atoms with Crippen molar-refractivity contribution in [1.29, 1.82) is 0 Å². The molecule has 11 heteroatoms. The van der Waals surface area contributed by atoms with Crippen LogP contribution in [0, 0.1) is 0 Å². The second-order valence-corrected chi connectivity index (χ2v) is 5.41. The number of ether oxygens (including phenoxy) is 2. The lowest BCUT2D eigenvalue weighted by atomic mass is 10.1. The van der Waals surface area contributed by atoms with Gasteiger partial charge in [0.2, 0.25) is 0 Å². The fourth-order valence-electron chi connectivity index (χ4n) is 2.52. The average molecular weight is 354 g/mol. The number of rotatable bonds is 5. The molecule has 0 bridgehead atoms. The van der Waals surface area contributed by atoms with E-state index in [1.165, 1.54) is 0 Å². The first-order valence-electron chi connectivity index (χ1n) is 7.05. The quantitative estimate of drug-likeness (QED) is 0.676. The molecular weight excluding hydrogens is 337 g/mol. The third-order valence-electron chi connectivity index (χ3n) is 3.74. The second kappa shape index (κ2) is 7.05. The van der Waals surface area contributed by atoms with Crippen molar-refractivity contribution in [2.75, 3.05) is 13.7 Å². The molecule has 3 N–H and O–H groups in total. The minimum absolute atomic E-state index is 0.0620. The maximum atomic E-state index is 12.6. The van der Waals surface area contributed by atoms with Gasteiger partial charge in [-0.2, -0.15) is 13.2 Å². The van der Waals surface area contributed by atoms with Crippen LogP contribution in [0.25, 0.3) is 0 Å². The van der Waals surface area contributed by atoms with Crippen molar-refractivity contribution in [3.63, 3.8) is 0 Å². The van der Waals surface area contributed by atoms with Gasteiger partial charge in [-0.3, -0.25) is 14.3 Å². The van der Waals surface area contributed by atoms with Crippen molar-refractivity contribution in [3.05, 3.63) is 32.6 Å². The largest absolute Gasteiger partial charge is 0.394 e. The van der Waals surface area contributed by atoms with E-state index in [0.29, 0.717) is 0 Å². The molecule has 1 unspecified atom stereocenters. The van der Waals surface area contributed by atoms with E-state index in [4.69, 9.17) is 14.6 Å². The van der Waals surface area contributed by atoms with Crippen LogP contribution < -0.4 is 11.2 Å². The van der Waals surface area contributed by atoms with Gasteiger partial charge in [0.1, 0.15) is 12.3 Å². The summed E-state index contributed by atoms with van der Waals surface area (Å²) in [5.74, 6) is 0. The number of aromatic nitrogens is 2. The van der Waals surface area contributed by atoms with E-state index in [0.717, 1.165) is 17.9 Å². The standard InChI is InChI=1S/C13H17F3N2O6/c1-23-8(3-13(14,15)16)6-4-18(12(22)17-11(6)21)10-2-7(20)9(5-19)24-10/h4,7-10,19-20H,2-3,5H2,1H3,(H,17,21,22)/t7-,8?,9+,10+/m0/s1. The highest BCUT2D eigenvalue weighted by atomic mass is 19.4. The first-order chi connectivity index (χ1) is 11.2. The zero-order valence-corrected chi connectivity index (χ0v) is 12.6. The number of alkyl halides is 3. The number of H-pyrrole nitrogens is 1. The first kappa shape index (κ1) is 18.6. The second-order valence-electron chi connectivity index (χ2n) is 5.41. The van der Waals surface area contributed by atoms with E-state index in [-0.39, 0.29) is 12.0 Å². The van der Waals surface area contributed by atoms with Gasteiger partial charge in [-0.15, -0.1) is 0 Å². The fourth-order valence-corrected chi connectivity index (χ4v) is 2.52. The fraction of sp³-hybridized carbons (Fsp3) is 0.692. The van der Waals surface area contributed by atoms with Gasteiger partial charge in [0.15, 0.2) is 0 Å². The summed E-state index contributed by atoms with van der Waals surface area (Å²) in [7, 11) is 1.02. The molecule has 136 valence electrons. The van der Waals surface area contributed by atoms with Crippen LogP contribution in [0.2, 0.25) is 0 Å². The Morgan fingerprint density at radius 3 is 2.67 bits per heavy atom. The minimum Gasteiger partial charge on any atom is -0.394 e. The number of hydrogen-bond acceptors (Lipinski definition) is 6. The predicted molar refractivity (Wildman–Crippen MR) is 73.4 cm³/mol. The topological polar surface area (TPSA) is 114 Å². The molecule has 8 nitrogen and oxygen atoms in total. The number of aromatic amines is 1. The summed E-state index contributed by atoms with van der Waals surface area (Å²) in [6.07, 6.45) is -9.70. The van der Waals surface area contributed by atoms with Crippen LogP contribution >= 0.6 is 0 Å². The van der Waals surface area contributed by atoms with Crippen LogP contribution in [0.3, 0.4) is 0 Å². The van der Waals surface area contributed by atoms with E-state index < -0.39 is 55.0 Å². The normalized spacial score (nSPS) is 25.8. The monoisotopic (exact) mass is 354 g/mol. The van der Waals surface area contributed by atoms with Gasteiger partial charge >= 0.3 is 11.9 Å². The number of hydrogen-bond donors (Lipinski definition) is 3. The van der Waals surface area contributed by atoms with E-state index in [2.05, 4.69) is 0 Å². The van der Waals surface area contributed by atoms with Crippen LogP contribution in [0.5, 0.6) is 0 Å². The molecule has 0 radical (unpaired) electrons. The summed E-state index contributed by atoms with van der Waals surface area (Å²) < 4.78 is 48.7. The van der Waals surface area contributed by atoms with Crippen molar-refractivity contribution >= 4 is 0 Å². The lowest BCUT2D eigenvalue weighted by molar-refractivity contribution is -0.158. The van der Waals surface area contributed by atoms with Gasteiger partial charge in [-0.1, -0.05) is 0 Å². The number of methoxy groups -OCH3 is 1. The molecule has 1 saturated heterocycles. The highest BCUT2D eigenvalue weighted by molar-refractivity contribution is 5.10. The minimum atomic E-state index is -4.57. The smallest absolute Gasteiger partial charge is 0.391 e. The molecule has 24 heavy (non-hydrogen) atoms. The zero-order valence-electron chi connectivity index (χ0n) is 12.6. The summed E-state index contributed by atoms with van der Waals surface area (Å²) in [6.45, 7) is -0.489. The summed E-state index contributed by atoms with van der Waals surface area (Å²) in [5.41, 5.74) is -2.29. The maximum Gasteiger partial charge on any atom is 0.391 e. The van der Waals surface area contributed by atoms with Crippen molar-refractivity contribution in [3.8, 4) is 0 Å². The highest BCUT2D eigenvalue weighted by Gasteiger charge is 2.37. The number of aliphatic hydroxyl groups excluding tert-OH is 2. The average Bonchev–Trinajstić information content (AvgIpc) is 2.85. The van der Waals surface area contributed by atoms with Gasteiger partial charge in [-0.05, 0) is 0 Å². The molecule has 0 aliphatic carbocycles. The van der Waals surface area contributed by atoms with Crippen molar-refractivity contribution in [2.24, 2.45) is 0 Å². The van der Waals surface area contributed by atoms with E-state index in [1.54, 1.807) is 0 Å². The molecule has 1 aliphatic heterocycles. The summed E-state index contributed by atoms with van der Waals surface area (Å²) in [4.78, 5) is 25.6. The van der Waals surface area contributed by atoms with Gasteiger partial charge in [0.25, 0.3) is 5.56 Å². The molecule has 4 atom stereocenters. The molecule has 0 amide bonds. The van der Waals surface area contributed by atoms with E-state index in [1.807, 2.05) is 4.98 Å². The predicted octanol–water partition coefficient (Wildman–Crippen LogP) is -0.183. The van der Waals surface area contributed by atoms with Crippen LogP contribution in [0.4, 0.5) is 13.2 Å². The highest BCUT2D eigenvalue weighted by Crippen LogP contribution is 2.31. The number of nitrogens with one attached hydrogen (secondary N) is 1. The molecule has 1 aromatic heterocycles. The number of nitrogens with zero attached hydrogens (tertiary/aromatic N) is 1. The van der Waals surface area contributed by atoms with Gasteiger partial charge < -0.3 is 19.7 Å². The first-order valence-corrected chi connectivity index (χ1v) is 7.05. The molecule has 1 aliphatic rings. The Morgan fingerprint density at radius 1 is 1.50 bits per heavy atom. The molecule has 0 saturated carbocycles. The molecule has 0 spiro atoms. The summed E-state index contributed by atoms with van der Waals surface area (Å²) in [5, 5.41) is 18.7. The lowest BCUT2D eigenvalue weighted by Crippen LogP contribution is -2.36. The number of aliphatic hydroxyl groups is 2. The molecule has 1 aromatic rings. The van der Waals surface area contributed by atoms with Crippen molar-refractivity contribution in [2.45, 2.75) is 43.6 Å². The summed E-state index contributed by atoms with van der Waals surface area (Å²) in [6, 6.07) is 0. The van der Waals surface area contributed by atoms with Crippen LogP contribution in [0.15, 0.2) is 15.8 Å². The zero-order chi connectivity index (χ0) is 18.1. The number of halogens is 3. The van der Waals surface area contributed by atoms with Crippen LogP contribution in [0.1, 0.15) is 30.7 Å². The van der Waals surface area contributed by atoms with Crippen molar-refractivity contribution in [1.82, 2.24) is 9.55 Å². The van der Waals surface area contributed by atoms with Gasteiger partial charge in [0, 0.05) is 19.7 Å². The van der Waals surface area contributed by atoms with Crippen LogP contribution in [-0.2, 0) is 9.47 Å². The molecule has 2 rings (SSSR count). The Labute approximate surface area is 133 Å². The Bertz CT molecular complexity index is 686. The SMILES string of the molecule is COC(CC(F)(F)F)c1cn([C@H]2C[C@H](O)[C@@H](CO)O2)c(=O)[nH]c1=O. The molecular formula is C13H17F3N2O6. The third kappa shape index (κ3) is 4.04. The third-order valence-corrected chi connectivity index (χ3v) is 3.74. The van der Waals surface area contributed by atoms with Crippen LogP contribution in [-0.4, -0.2) is 51.9 Å². The Balaban J connectivity index is 2.38. The Morgan fingerprint density at radius 2 is 2.17 bits per heavy atom. The lowest BCUT2D eigenvalue weighted by Gasteiger charge is -2.19. The Hall–Kier alpha value is -1.69.